The van der Waals surface area contributed by atoms with Crippen LogP contribution in [0.25, 0.3) is 0 Å². The number of aldehydes is 1. The van der Waals surface area contributed by atoms with E-state index in [2.05, 4.69) is 23.8 Å². The molecule has 3 heteroatoms. The molecule has 3 nitrogen and oxygen atoms in total. The lowest BCUT2D eigenvalue weighted by atomic mass is 10.2. The Morgan fingerprint density at radius 1 is 1.43 bits per heavy atom. The highest BCUT2D eigenvalue weighted by Crippen LogP contribution is 2.11. The minimum atomic E-state index is 0.641. The molecule has 14 heavy (non-hydrogen) atoms. The SMILES string of the molecule is CCC1CN(C)CCCN1CCC=O. The van der Waals surface area contributed by atoms with E-state index in [1.54, 1.807) is 0 Å². The Hall–Kier alpha value is -0.410. The minimum absolute atomic E-state index is 0.641. The normalized spacial score (nSPS) is 26.0. The van der Waals surface area contributed by atoms with Gasteiger partial charge in [0.1, 0.15) is 6.29 Å². The van der Waals surface area contributed by atoms with Crippen molar-refractivity contribution in [2.24, 2.45) is 0 Å². The maximum atomic E-state index is 10.4. The van der Waals surface area contributed by atoms with Gasteiger partial charge in [0.25, 0.3) is 0 Å². The summed E-state index contributed by atoms with van der Waals surface area (Å²) in [4.78, 5) is 15.2. The first-order chi connectivity index (χ1) is 6.77. The summed E-state index contributed by atoms with van der Waals surface area (Å²) >= 11 is 0. The molecule has 0 aromatic heterocycles. The van der Waals surface area contributed by atoms with Gasteiger partial charge in [-0.2, -0.15) is 0 Å². The van der Waals surface area contributed by atoms with Gasteiger partial charge in [-0.15, -0.1) is 0 Å². The number of carbonyl (C=O) groups is 1. The van der Waals surface area contributed by atoms with Crippen molar-refractivity contribution >= 4 is 6.29 Å². The molecule has 1 fully saturated rings. The van der Waals surface area contributed by atoms with E-state index < -0.39 is 0 Å². The van der Waals surface area contributed by atoms with Gasteiger partial charge in [0.15, 0.2) is 0 Å². The van der Waals surface area contributed by atoms with Crippen molar-refractivity contribution in [3.63, 3.8) is 0 Å². The van der Waals surface area contributed by atoms with Crippen molar-refractivity contribution in [2.75, 3.05) is 33.2 Å². The van der Waals surface area contributed by atoms with Crippen molar-refractivity contribution in [1.29, 1.82) is 0 Å². The molecule has 0 saturated carbocycles. The number of carbonyl (C=O) groups excluding carboxylic acids is 1. The second kappa shape index (κ2) is 6.14. The molecule has 82 valence electrons. The topological polar surface area (TPSA) is 23.6 Å². The van der Waals surface area contributed by atoms with Crippen molar-refractivity contribution in [3.8, 4) is 0 Å². The van der Waals surface area contributed by atoms with Gasteiger partial charge in [-0.1, -0.05) is 6.92 Å². The summed E-state index contributed by atoms with van der Waals surface area (Å²) in [5.41, 5.74) is 0. The highest BCUT2D eigenvalue weighted by atomic mass is 16.1. The zero-order chi connectivity index (χ0) is 10.4. The summed E-state index contributed by atoms with van der Waals surface area (Å²) in [5, 5.41) is 0. The van der Waals surface area contributed by atoms with E-state index in [1.165, 1.54) is 19.4 Å². The summed E-state index contributed by atoms with van der Waals surface area (Å²) in [6.45, 7) is 6.66. The van der Waals surface area contributed by atoms with E-state index in [0.29, 0.717) is 12.5 Å². The van der Waals surface area contributed by atoms with Gasteiger partial charge in [-0.3, -0.25) is 4.90 Å². The summed E-state index contributed by atoms with van der Waals surface area (Å²) in [6, 6.07) is 0.641. The Morgan fingerprint density at radius 3 is 2.86 bits per heavy atom. The first-order valence-electron chi connectivity index (χ1n) is 5.64. The first kappa shape index (κ1) is 11.7. The molecule has 0 N–H and O–H groups in total. The lowest BCUT2D eigenvalue weighted by Gasteiger charge is -2.29. The zero-order valence-corrected chi connectivity index (χ0v) is 9.41. The fourth-order valence-electron chi connectivity index (χ4n) is 2.19. The predicted molar refractivity (Wildman–Crippen MR) is 58.4 cm³/mol. The molecule has 1 atom stereocenters. The Kier molecular flexibility index (Phi) is 5.12. The molecule has 1 saturated heterocycles. The smallest absolute Gasteiger partial charge is 0.121 e. The molecule has 0 aromatic carbocycles. The number of rotatable bonds is 4. The standard InChI is InChI=1S/C11H22N2O/c1-3-11-10-12(2)6-4-7-13(11)8-5-9-14/h9,11H,3-8,10H2,1-2H3. The van der Waals surface area contributed by atoms with E-state index in [9.17, 15) is 4.79 Å². The van der Waals surface area contributed by atoms with E-state index in [0.717, 1.165) is 25.9 Å². The average molecular weight is 198 g/mol. The van der Waals surface area contributed by atoms with Crippen molar-refractivity contribution < 1.29 is 4.79 Å². The Balaban J connectivity index is 2.47. The molecule has 1 rings (SSSR count). The van der Waals surface area contributed by atoms with Gasteiger partial charge < -0.3 is 9.69 Å². The molecule has 1 aliphatic heterocycles. The molecular weight excluding hydrogens is 176 g/mol. The van der Waals surface area contributed by atoms with E-state index in [-0.39, 0.29) is 0 Å². The maximum absolute atomic E-state index is 10.4. The number of nitrogens with zero attached hydrogens (tertiary/aromatic N) is 2. The fraction of sp³-hybridized carbons (Fsp3) is 0.909. The van der Waals surface area contributed by atoms with Crippen LogP contribution in [0.4, 0.5) is 0 Å². The van der Waals surface area contributed by atoms with Gasteiger partial charge in [0.2, 0.25) is 0 Å². The second-order valence-corrected chi connectivity index (χ2v) is 4.17. The van der Waals surface area contributed by atoms with Crippen LogP contribution in [-0.4, -0.2) is 55.4 Å². The highest BCUT2D eigenvalue weighted by Gasteiger charge is 2.20. The zero-order valence-electron chi connectivity index (χ0n) is 9.41. The molecule has 1 aliphatic rings. The second-order valence-electron chi connectivity index (χ2n) is 4.17. The molecule has 0 radical (unpaired) electrons. The van der Waals surface area contributed by atoms with E-state index in [1.807, 2.05) is 0 Å². The van der Waals surface area contributed by atoms with Crippen LogP contribution in [0.2, 0.25) is 0 Å². The molecular formula is C11H22N2O. The molecule has 0 aliphatic carbocycles. The lowest BCUT2D eigenvalue weighted by Crippen LogP contribution is -2.40. The van der Waals surface area contributed by atoms with Gasteiger partial charge in [-0.25, -0.2) is 0 Å². The quantitative estimate of drug-likeness (QED) is 0.629. The van der Waals surface area contributed by atoms with E-state index >= 15 is 0 Å². The van der Waals surface area contributed by atoms with Gasteiger partial charge in [0.05, 0.1) is 0 Å². The van der Waals surface area contributed by atoms with Crippen molar-refractivity contribution in [1.82, 2.24) is 9.80 Å². The number of likely N-dealkylation sites (N-methyl/N-ethyl adjacent to an activating group) is 1. The number of hydrogen-bond acceptors (Lipinski definition) is 3. The minimum Gasteiger partial charge on any atom is -0.305 e. The van der Waals surface area contributed by atoms with Gasteiger partial charge in [-0.05, 0) is 33.0 Å². The third-order valence-electron chi connectivity index (χ3n) is 3.03. The monoisotopic (exact) mass is 198 g/mol. The summed E-state index contributed by atoms with van der Waals surface area (Å²) in [5.74, 6) is 0. The van der Waals surface area contributed by atoms with Crippen LogP contribution in [0.3, 0.4) is 0 Å². The molecule has 0 bridgehead atoms. The number of hydrogen-bond donors (Lipinski definition) is 0. The molecule has 1 unspecified atom stereocenters. The van der Waals surface area contributed by atoms with Gasteiger partial charge >= 0.3 is 0 Å². The first-order valence-corrected chi connectivity index (χ1v) is 5.64. The molecule has 1 heterocycles. The molecule has 0 aromatic rings. The maximum Gasteiger partial charge on any atom is 0.121 e. The summed E-state index contributed by atoms with van der Waals surface area (Å²) < 4.78 is 0. The van der Waals surface area contributed by atoms with Crippen LogP contribution < -0.4 is 0 Å². The molecule has 0 spiro atoms. The highest BCUT2D eigenvalue weighted by molar-refractivity contribution is 5.49. The van der Waals surface area contributed by atoms with E-state index in [4.69, 9.17) is 0 Å². The summed E-state index contributed by atoms with van der Waals surface area (Å²) in [6.07, 6.45) is 4.12. The summed E-state index contributed by atoms with van der Waals surface area (Å²) in [7, 11) is 2.19. The third kappa shape index (κ3) is 3.39. The largest absolute Gasteiger partial charge is 0.305 e. The van der Waals surface area contributed by atoms with Crippen LogP contribution in [-0.2, 0) is 4.79 Å². The molecule has 0 amide bonds. The Morgan fingerprint density at radius 2 is 2.21 bits per heavy atom. The van der Waals surface area contributed by atoms with Crippen LogP contribution in [0.15, 0.2) is 0 Å². The fourth-order valence-corrected chi connectivity index (χ4v) is 2.19. The Bertz CT molecular complexity index is 173. The van der Waals surface area contributed by atoms with Crippen LogP contribution in [0, 0.1) is 0 Å². The predicted octanol–water partition coefficient (Wildman–Crippen LogP) is 0.992. The average Bonchev–Trinajstić information content (AvgIpc) is 2.36. The lowest BCUT2D eigenvalue weighted by molar-refractivity contribution is -0.108. The van der Waals surface area contributed by atoms with Crippen molar-refractivity contribution in [2.45, 2.75) is 32.2 Å². The van der Waals surface area contributed by atoms with Crippen LogP contribution in [0.1, 0.15) is 26.2 Å². The van der Waals surface area contributed by atoms with Crippen LogP contribution in [0.5, 0.6) is 0 Å². The third-order valence-corrected chi connectivity index (χ3v) is 3.03. The van der Waals surface area contributed by atoms with Crippen LogP contribution >= 0.6 is 0 Å². The Labute approximate surface area is 87.1 Å². The van der Waals surface area contributed by atoms with Gasteiger partial charge in [0, 0.05) is 25.6 Å². The van der Waals surface area contributed by atoms with Crippen molar-refractivity contribution in [3.05, 3.63) is 0 Å².